The van der Waals surface area contributed by atoms with Crippen LogP contribution in [0.5, 0.6) is 0 Å². The molecule has 0 nitrogen and oxygen atoms in total. The van der Waals surface area contributed by atoms with E-state index in [0.29, 0.717) is 0 Å². The molecule has 2 aliphatic carbocycles. The van der Waals surface area contributed by atoms with Crippen molar-refractivity contribution in [2.75, 3.05) is 0 Å². The van der Waals surface area contributed by atoms with Crippen molar-refractivity contribution in [3.63, 3.8) is 0 Å². The third-order valence-corrected chi connectivity index (χ3v) is 4.45. The zero-order valence-corrected chi connectivity index (χ0v) is 10.9. The van der Waals surface area contributed by atoms with Gasteiger partial charge in [-0.05, 0) is 49.9 Å². The van der Waals surface area contributed by atoms with E-state index < -0.39 is 0 Å². The summed E-state index contributed by atoms with van der Waals surface area (Å²) in [6, 6.07) is 0. The van der Waals surface area contributed by atoms with Crippen molar-refractivity contribution in [3.8, 4) is 0 Å². The second-order valence-corrected chi connectivity index (χ2v) is 5.86. The predicted octanol–water partition coefficient (Wildman–Crippen LogP) is 5.12. The summed E-state index contributed by atoms with van der Waals surface area (Å²) in [5.41, 5.74) is 1.75. The summed E-state index contributed by atoms with van der Waals surface area (Å²) >= 11 is 0. The van der Waals surface area contributed by atoms with Crippen LogP contribution in [-0.2, 0) is 0 Å². The summed E-state index contributed by atoms with van der Waals surface area (Å²) in [5, 5.41) is 0. The standard InChI is InChI=1S/C16H26/c1-13(2)15-12-11-14-9-7-5-3-4-6-8-10-16(14)15/h5,7,9,13,15-16H,3-4,6,8,10-12H2,1-2H3/b7-5-,14-9-. The van der Waals surface area contributed by atoms with E-state index in [1.807, 2.05) is 0 Å². The SMILES string of the molecule is CC(C)C1CC/C2=C/C=C\CCCCCC21. The second-order valence-electron chi connectivity index (χ2n) is 5.86. The lowest BCUT2D eigenvalue weighted by Crippen LogP contribution is -2.15. The highest BCUT2D eigenvalue weighted by atomic mass is 14.4. The van der Waals surface area contributed by atoms with Gasteiger partial charge >= 0.3 is 0 Å². The maximum atomic E-state index is 2.43. The maximum Gasteiger partial charge on any atom is -0.0169 e. The van der Waals surface area contributed by atoms with E-state index in [0.717, 1.165) is 17.8 Å². The van der Waals surface area contributed by atoms with E-state index in [4.69, 9.17) is 0 Å². The summed E-state index contributed by atoms with van der Waals surface area (Å²) in [6.07, 6.45) is 16.9. The zero-order valence-electron chi connectivity index (χ0n) is 10.9. The van der Waals surface area contributed by atoms with Crippen LogP contribution in [0.2, 0.25) is 0 Å². The molecule has 0 radical (unpaired) electrons. The number of fused-ring (bicyclic) bond motifs is 1. The molecule has 90 valence electrons. The molecule has 2 unspecified atom stereocenters. The van der Waals surface area contributed by atoms with Gasteiger partial charge < -0.3 is 0 Å². The van der Waals surface area contributed by atoms with Crippen molar-refractivity contribution in [2.24, 2.45) is 17.8 Å². The molecule has 0 spiro atoms. The summed E-state index contributed by atoms with van der Waals surface area (Å²) in [6.45, 7) is 4.81. The fraction of sp³-hybridized carbons (Fsp3) is 0.750. The fourth-order valence-electron chi connectivity index (χ4n) is 3.49. The minimum Gasteiger partial charge on any atom is -0.0845 e. The average molecular weight is 218 g/mol. The van der Waals surface area contributed by atoms with Crippen LogP contribution in [0.25, 0.3) is 0 Å². The van der Waals surface area contributed by atoms with E-state index in [1.54, 1.807) is 5.57 Å². The monoisotopic (exact) mass is 218 g/mol. The zero-order chi connectivity index (χ0) is 11.4. The molecule has 1 saturated carbocycles. The van der Waals surface area contributed by atoms with Crippen molar-refractivity contribution < 1.29 is 0 Å². The molecule has 0 aromatic carbocycles. The van der Waals surface area contributed by atoms with Crippen LogP contribution in [0.1, 0.15) is 58.8 Å². The molecule has 0 aromatic rings. The Morgan fingerprint density at radius 3 is 2.81 bits per heavy atom. The summed E-state index contributed by atoms with van der Waals surface area (Å²) in [5.74, 6) is 2.73. The molecular formula is C16H26. The number of hydrogen-bond donors (Lipinski definition) is 0. The van der Waals surface area contributed by atoms with E-state index in [-0.39, 0.29) is 0 Å². The summed E-state index contributed by atoms with van der Waals surface area (Å²) < 4.78 is 0. The Hall–Kier alpha value is -0.520. The molecule has 0 heterocycles. The van der Waals surface area contributed by atoms with Gasteiger partial charge in [-0.25, -0.2) is 0 Å². The first-order valence-corrected chi connectivity index (χ1v) is 7.14. The van der Waals surface area contributed by atoms with Gasteiger partial charge in [-0.3, -0.25) is 0 Å². The Morgan fingerprint density at radius 1 is 1.12 bits per heavy atom. The van der Waals surface area contributed by atoms with Crippen LogP contribution in [0.15, 0.2) is 23.8 Å². The summed E-state index contributed by atoms with van der Waals surface area (Å²) in [4.78, 5) is 0. The molecule has 0 aliphatic heterocycles. The van der Waals surface area contributed by atoms with Gasteiger partial charge in [0.25, 0.3) is 0 Å². The van der Waals surface area contributed by atoms with E-state index >= 15 is 0 Å². The first-order valence-electron chi connectivity index (χ1n) is 7.14. The predicted molar refractivity (Wildman–Crippen MR) is 71.4 cm³/mol. The molecule has 0 bridgehead atoms. The molecule has 2 rings (SSSR count). The lowest BCUT2D eigenvalue weighted by atomic mass is 9.81. The molecular weight excluding hydrogens is 192 g/mol. The van der Waals surface area contributed by atoms with Gasteiger partial charge in [-0.2, -0.15) is 0 Å². The third-order valence-electron chi connectivity index (χ3n) is 4.45. The fourth-order valence-corrected chi connectivity index (χ4v) is 3.49. The lowest BCUT2D eigenvalue weighted by Gasteiger charge is -2.24. The quantitative estimate of drug-likeness (QED) is 0.573. The summed E-state index contributed by atoms with van der Waals surface area (Å²) in [7, 11) is 0. The average Bonchev–Trinajstić information content (AvgIpc) is 2.67. The first kappa shape index (κ1) is 12.0. The maximum absolute atomic E-state index is 2.43. The van der Waals surface area contributed by atoms with Gasteiger partial charge in [0.15, 0.2) is 0 Å². The highest BCUT2D eigenvalue weighted by molar-refractivity contribution is 5.20. The van der Waals surface area contributed by atoms with E-state index in [1.165, 1.54) is 44.9 Å². The van der Waals surface area contributed by atoms with Crippen LogP contribution >= 0.6 is 0 Å². The topological polar surface area (TPSA) is 0 Å². The van der Waals surface area contributed by atoms with Gasteiger partial charge in [0.2, 0.25) is 0 Å². The van der Waals surface area contributed by atoms with Crippen molar-refractivity contribution in [2.45, 2.75) is 58.8 Å². The highest BCUT2D eigenvalue weighted by Crippen LogP contribution is 2.43. The highest BCUT2D eigenvalue weighted by Gasteiger charge is 2.32. The van der Waals surface area contributed by atoms with Gasteiger partial charge in [0.1, 0.15) is 0 Å². The largest absolute Gasteiger partial charge is 0.0845 e. The Balaban J connectivity index is 2.12. The minimum atomic E-state index is 0.864. The van der Waals surface area contributed by atoms with Crippen molar-refractivity contribution in [1.29, 1.82) is 0 Å². The smallest absolute Gasteiger partial charge is 0.0169 e. The van der Waals surface area contributed by atoms with Crippen molar-refractivity contribution in [1.82, 2.24) is 0 Å². The number of rotatable bonds is 1. The van der Waals surface area contributed by atoms with Crippen LogP contribution < -0.4 is 0 Å². The van der Waals surface area contributed by atoms with Gasteiger partial charge in [-0.15, -0.1) is 0 Å². The van der Waals surface area contributed by atoms with E-state index in [2.05, 4.69) is 32.1 Å². The molecule has 16 heavy (non-hydrogen) atoms. The Labute approximate surface area is 101 Å². The van der Waals surface area contributed by atoms with Gasteiger partial charge in [0.05, 0.1) is 0 Å². The first-order chi connectivity index (χ1) is 7.79. The Morgan fingerprint density at radius 2 is 2.00 bits per heavy atom. The Bertz CT molecular complexity index is 270. The minimum absolute atomic E-state index is 0.864. The van der Waals surface area contributed by atoms with E-state index in [9.17, 15) is 0 Å². The van der Waals surface area contributed by atoms with Gasteiger partial charge in [0, 0.05) is 0 Å². The lowest BCUT2D eigenvalue weighted by molar-refractivity contribution is 0.296. The second kappa shape index (κ2) is 5.70. The molecule has 0 heteroatoms. The van der Waals surface area contributed by atoms with Crippen LogP contribution in [0.4, 0.5) is 0 Å². The normalized spacial score (nSPS) is 36.6. The van der Waals surface area contributed by atoms with Crippen LogP contribution in [0.3, 0.4) is 0 Å². The number of hydrogen-bond acceptors (Lipinski definition) is 0. The van der Waals surface area contributed by atoms with Crippen molar-refractivity contribution in [3.05, 3.63) is 23.8 Å². The molecule has 2 aliphatic rings. The molecule has 0 aromatic heterocycles. The Kier molecular flexibility index (Phi) is 4.26. The van der Waals surface area contributed by atoms with Crippen LogP contribution in [0, 0.1) is 17.8 Å². The molecule has 0 amide bonds. The van der Waals surface area contributed by atoms with Crippen LogP contribution in [-0.4, -0.2) is 0 Å². The van der Waals surface area contributed by atoms with Gasteiger partial charge in [-0.1, -0.05) is 50.5 Å². The molecule has 2 atom stereocenters. The third kappa shape index (κ3) is 2.78. The molecule has 0 N–H and O–H groups in total. The number of allylic oxidation sites excluding steroid dienone is 4. The molecule has 1 fully saturated rings. The van der Waals surface area contributed by atoms with Crippen molar-refractivity contribution >= 4 is 0 Å². The molecule has 0 saturated heterocycles.